The van der Waals surface area contributed by atoms with Crippen molar-refractivity contribution in [3.63, 3.8) is 0 Å². The minimum Gasteiger partial charge on any atom is -0.497 e. The number of benzene rings is 3. The third-order valence-electron chi connectivity index (χ3n) is 5.52. The van der Waals surface area contributed by atoms with E-state index in [0.29, 0.717) is 17.9 Å². The zero-order chi connectivity index (χ0) is 24.7. The zero-order valence-electron chi connectivity index (χ0n) is 19.8. The van der Waals surface area contributed by atoms with Gasteiger partial charge in [0.15, 0.2) is 0 Å². The smallest absolute Gasteiger partial charge is 0.264 e. The van der Waals surface area contributed by atoms with Gasteiger partial charge in [-0.15, -0.1) is 0 Å². The minimum atomic E-state index is -4.00. The van der Waals surface area contributed by atoms with Crippen molar-refractivity contribution in [3.05, 3.63) is 83.9 Å². The highest BCUT2D eigenvalue weighted by Crippen LogP contribution is 2.26. The Morgan fingerprint density at radius 3 is 1.91 bits per heavy atom. The van der Waals surface area contributed by atoms with Crippen molar-refractivity contribution in [2.75, 3.05) is 25.1 Å². The van der Waals surface area contributed by atoms with Crippen LogP contribution in [0.4, 0.5) is 5.69 Å². The van der Waals surface area contributed by atoms with Gasteiger partial charge in [0.1, 0.15) is 18.0 Å². The molecule has 0 aromatic heterocycles. The molecule has 0 heterocycles. The summed E-state index contributed by atoms with van der Waals surface area (Å²) in [6.07, 6.45) is 0.647. The minimum absolute atomic E-state index is 0.0730. The third-order valence-corrected chi connectivity index (χ3v) is 7.31. The van der Waals surface area contributed by atoms with Crippen LogP contribution < -0.4 is 19.1 Å². The molecule has 0 aliphatic carbocycles. The lowest BCUT2D eigenvalue weighted by molar-refractivity contribution is -0.120. The Labute approximate surface area is 201 Å². The zero-order valence-corrected chi connectivity index (χ0v) is 20.6. The Morgan fingerprint density at radius 2 is 1.41 bits per heavy atom. The predicted octanol–water partition coefficient (Wildman–Crippen LogP) is 4.48. The highest BCUT2D eigenvalue weighted by molar-refractivity contribution is 7.92. The van der Waals surface area contributed by atoms with Gasteiger partial charge in [-0.2, -0.15) is 0 Å². The van der Waals surface area contributed by atoms with E-state index < -0.39 is 15.9 Å². The maximum Gasteiger partial charge on any atom is 0.264 e. The summed E-state index contributed by atoms with van der Waals surface area (Å²) in [4.78, 5) is 13.1. The van der Waals surface area contributed by atoms with E-state index in [9.17, 15) is 13.2 Å². The number of aryl methyl sites for hydroxylation is 1. The first-order chi connectivity index (χ1) is 16.3. The Hall–Kier alpha value is -3.52. The molecule has 3 aromatic carbocycles. The second-order valence-electron chi connectivity index (χ2n) is 7.82. The van der Waals surface area contributed by atoms with Crippen LogP contribution in [-0.4, -0.2) is 35.1 Å². The largest absolute Gasteiger partial charge is 0.497 e. The molecule has 34 heavy (non-hydrogen) atoms. The molecule has 8 heteroatoms. The Bertz CT molecular complexity index is 1190. The summed E-state index contributed by atoms with van der Waals surface area (Å²) in [6.45, 7) is 3.52. The van der Waals surface area contributed by atoms with Gasteiger partial charge in [0.25, 0.3) is 10.0 Å². The number of sulfonamides is 1. The van der Waals surface area contributed by atoms with E-state index in [1.54, 1.807) is 31.4 Å². The van der Waals surface area contributed by atoms with Crippen molar-refractivity contribution in [1.29, 1.82) is 0 Å². The van der Waals surface area contributed by atoms with Gasteiger partial charge in [-0.25, -0.2) is 8.42 Å². The molecule has 0 saturated carbocycles. The van der Waals surface area contributed by atoms with E-state index in [2.05, 4.69) is 5.32 Å². The summed E-state index contributed by atoms with van der Waals surface area (Å²) in [7, 11) is -0.895. The molecule has 0 unspecified atom stereocenters. The fourth-order valence-corrected chi connectivity index (χ4v) is 4.95. The SMILES string of the molecule is CC[C@@H](NC(=O)CN(c1ccc(C)cc1)S(=O)(=O)c1ccc(OC)cc1)c1ccc(OC)cc1. The van der Waals surface area contributed by atoms with Gasteiger partial charge in [-0.1, -0.05) is 36.8 Å². The molecule has 3 rings (SSSR count). The number of hydrogen-bond donors (Lipinski definition) is 1. The molecule has 1 atom stereocenters. The molecular weight excluding hydrogens is 452 g/mol. The number of anilines is 1. The van der Waals surface area contributed by atoms with Gasteiger partial charge in [-0.3, -0.25) is 9.10 Å². The quantitative estimate of drug-likeness (QED) is 0.461. The van der Waals surface area contributed by atoms with E-state index in [1.165, 1.54) is 19.2 Å². The van der Waals surface area contributed by atoms with Crippen molar-refractivity contribution in [1.82, 2.24) is 5.32 Å². The van der Waals surface area contributed by atoms with Gasteiger partial charge in [0, 0.05) is 0 Å². The average molecular weight is 483 g/mol. The number of nitrogens with one attached hydrogen (secondary N) is 1. The fourth-order valence-electron chi connectivity index (χ4n) is 3.53. The van der Waals surface area contributed by atoms with Gasteiger partial charge in [0.2, 0.25) is 5.91 Å². The van der Waals surface area contributed by atoms with Crippen molar-refractivity contribution < 1.29 is 22.7 Å². The van der Waals surface area contributed by atoms with Gasteiger partial charge in [-0.05, 0) is 67.4 Å². The normalized spacial score (nSPS) is 12.0. The number of nitrogens with zero attached hydrogens (tertiary/aromatic N) is 1. The number of amides is 1. The van der Waals surface area contributed by atoms with Crippen molar-refractivity contribution in [2.45, 2.75) is 31.2 Å². The molecule has 3 aromatic rings. The van der Waals surface area contributed by atoms with E-state index in [4.69, 9.17) is 9.47 Å². The molecule has 0 aliphatic heterocycles. The first kappa shape index (κ1) is 25.1. The first-order valence-electron chi connectivity index (χ1n) is 10.9. The summed E-state index contributed by atoms with van der Waals surface area (Å²) in [5.74, 6) is 0.866. The first-order valence-corrected chi connectivity index (χ1v) is 12.4. The van der Waals surface area contributed by atoms with Crippen LogP contribution in [0.2, 0.25) is 0 Å². The van der Waals surface area contributed by atoms with Crippen LogP contribution in [0.25, 0.3) is 0 Å². The van der Waals surface area contributed by atoms with Crippen molar-refractivity contribution >= 4 is 21.6 Å². The third kappa shape index (κ3) is 5.88. The van der Waals surface area contributed by atoms with Gasteiger partial charge < -0.3 is 14.8 Å². The van der Waals surface area contributed by atoms with E-state index >= 15 is 0 Å². The summed E-state index contributed by atoms with van der Waals surface area (Å²) in [5.41, 5.74) is 2.31. The van der Waals surface area contributed by atoms with Crippen LogP contribution in [0.3, 0.4) is 0 Å². The molecule has 0 radical (unpaired) electrons. The summed E-state index contributed by atoms with van der Waals surface area (Å²) in [5, 5.41) is 2.97. The lowest BCUT2D eigenvalue weighted by atomic mass is 10.0. The highest BCUT2D eigenvalue weighted by atomic mass is 32.2. The van der Waals surface area contributed by atoms with Gasteiger partial charge in [0.05, 0.1) is 30.8 Å². The number of methoxy groups -OCH3 is 2. The fraction of sp³-hybridized carbons (Fsp3) is 0.269. The predicted molar refractivity (Wildman–Crippen MR) is 133 cm³/mol. The maximum absolute atomic E-state index is 13.5. The Balaban J connectivity index is 1.88. The van der Waals surface area contributed by atoms with Crippen molar-refractivity contribution in [3.8, 4) is 11.5 Å². The molecule has 0 fully saturated rings. The summed E-state index contributed by atoms with van der Waals surface area (Å²) < 4.78 is 38.5. The Morgan fingerprint density at radius 1 is 0.882 bits per heavy atom. The molecule has 180 valence electrons. The molecule has 1 amide bonds. The van der Waals surface area contributed by atoms with E-state index in [1.807, 2.05) is 50.2 Å². The topological polar surface area (TPSA) is 84.9 Å². The van der Waals surface area contributed by atoms with Crippen LogP contribution >= 0.6 is 0 Å². The molecule has 0 bridgehead atoms. The lowest BCUT2D eigenvalue weighted by Gasteiger charge is -2.26. The van der Waals surface area contributed by atoms with E-state index in [0.717, 1.165) is 21.2 Å². The lowest BCUT2D eigenvalue weighted by Crippen LogP contribution is -2.42. The Kier molecular flexibility index (Phi) is 8.17. The van der Waals surface area contributed by atoms with Crippen LogP contribution in [0, 0.1) is 6.92 Å². The van der Waals surface area contributed by atoms with Crippen molar-refractivity contribution in [2.24, 2.45) is 0 Å². The molecule has 1 N–H and O–H groups in total. The monoisotopic (exact) mass is 482 g/mol. The highest BCUT2D eigenvalue weighted by Gasteiger charge is 2.28. The molecular formula is C26H30N2O5S. The number of carbonyl (C=O) groups excluding carboxylic acids is 1. The molecule has 7 nitrogen and oxygen atoms in total. The van der Waals surface area contributed by atoms with Crippen LogP contribution in [-0.2, 0) is 14.8 Å². The second-order valence-corrected chi connectivity index (χ2v) is 9.69. The van der Waals surface area contributed by atoms with Gasteiger partial charge >= 0.3 is 0 Å². The van der Waals surface area contributed by atoms with Crippen LogP contribution in [0.15, 0.2) is 77.7 Å². The summed E-state index contributed by atoms with van der Waals surface area (Å²) in [6, 6.07) is 20.3. The average Bonchev–Trinajstić information content (AvgIpc) is 2.86. The number of hydrogen-bond acceptors (Lipinski definition) is 5. The summed E-state index contributed by atoms with van der Waals surface area (Å²) >= 11 is 0. The number of carbonyl (C=O) groups is 1. The molecule has 0 spiro atoms. The standard InChI is InChI=1S/C26H30N2O5S/c1-5-25(20-8-12-22(32-3)13-9-20)27-26(29)18-28(21-10-6-19(2)7-11-21)34(30,31)24-16-14-23(33-4)15-17-24/h6-17,25H,5,18H2,1-4H3,(H,27,29)/t25-/m1/s1. The number of ether oxygens (including phenoxy) is 2. The molecule has 0 saturated heterocycles. The second kappa shape index (κ2) is 11.1. The number of rotatable bonds is 10. The molecule has 0 aliphatic rings. The van der Waals surface area contributed by atoms with Crippen LogP contribution in [0.5, 0.6) is 11.5 Å². The van der Waals surface area contributed by atoms with Crippen LogP contribution in [0.1, 0.15) is 30.5 Å². The van der Waals surface area contributed by atoms with E-state index in [-0.39, 0.29) is 17.5 Å². The maximum atomic E-state index is 13.5.